The lowest BCUT2D eigenvalue weighted by Gasteiger charge is -2.09. The van der Waals surface area contributed by atoms with Crippen molar-refractivity contribution in [2.24, 2.45) is 0 Å². The SMILES string of the molecule is CCCC(C#N)NS(=O)(=O)NC. The molecule has 70 valence electrons. The normalized spacial score (nSPS) is 13.8. The Morgan fingerprint density at radius 1 is 1.58 bits per heavy atom. The Bertz CT molecular complexity index is 254. The molecule has 1 atom stereocenters. The van der Waals surface area contributed by atoms with Crippen LogP contribution in [0, 0.1) is 11.3 Å². The summed E-state index contributed by atoms with van der Waals surface area (Å²) in [7, 11) is -2.18. The number of hydrogen-bond acceptors (Lipinski definition) is 3. The third-order valence-corrected chi connectivity index (χ3v) is 2.43. The predicted octanol–water partition coefficient (Wildman–Crippen LogP) is -0.268. The average molecular weight is 191 g/mol. The smallest absolute Gasteiger partial charge is 0.205 e. The Labute approximate surface area is 73.0 Å². The van der Waals surface area contributed by atoms with Gasteiger partial charge in [-0.25, -0.2) is 4.72 Å². The van der Waals surface area contributed by atoms with Crippen molar-refractivity contribution in [3.05, 3.63) is 0 Å². The first-order valence-corrected chi connectivity index (χ1v) is 5.14. The van der Waals surface area contributed by atoms with Crippen molar-refractivity contribution < 1.29 is 8.42 Å². The van der Waals surface area contributed by atoms with Crippen molar-refractivity contribution >= 4 is 10.2 Å². The van der Waals surface area contributed by atoms with E-state index in [2.05, 4.69) is 9.44 Å². The summed E-state index contributed by atoms with van der Waals surface area (Å²) in [4.78, 5) is 0. The number of nitrogens with one attached hydrogen (secondary N) is 2. The first kappa shape index (κ1) is 11.4. The Morgan fingerprint density at radius 3 is 2.50 bits per heavy atom. The Kier molecular flexibility index (Phi) is 4.81. The van der Waals surface area contributed by atoms with Crippen LogP contribution in [-0.2, 0) is 10.2 Å². The van der Waals surface area contributed by atoms with Crippen molar-refractivity contribution in [3.63, 3.8) is 0 Å². The van der Waals surface area contributed by atoms with E-state index >= 15 is 0 Å². The Hall–Kier alpha value is -0.640. The molecule has 0 aliphatic carbocycles. The summed E-state index contributed by atoms with van der Waals surface area (Å²) >= 11 is 0. The highest BCUT2D eigenvalue weighted by Gasteiger charge is 2.13. The summed E-state index contributed by atoms with van der Waals surface area (Å²) in [6.07, 6.45) is 1.29. The van der Waals surface area contributed by atoms with Gasteiger partial charge in [0.2, 0.25) is 0 Å². The maximum atomic E-state index is 10.9. The van der Waals surface area contributed by atoms with Gasteiger partial charge in [0, 0.05) is 7.05 Å². The number of hydrogen-bond donors (Lipinski definition) is 2. The van der Waals surface area contributed by atoms with Crippen LogP contribution < -0.4 is 9.44 Å². The molecular formula is C6H13N3O2S. The van der Waals surface area contributed by atoms with E-state index in [1.165, 1.54) is 7.05 Å². The highest BCUT2D eigenvalue weighted by Crippen LogP contribution is 1.95. The molecule has 0 aromatic carbocycles. The van der Waals surface area contributed by atoms with Crippen LogP contribution in [0.25, 0.3) is 0 Å². The quantitative estimate of drug-likeness (QED) is 0.627. The molecule has 0 spiro atoms. The monoisotopic (exact) mass is 191 g/mol. The largest absolute Gasteiger partial charge is 0.277 e. The van der Waals surface area contributed by atoms with Gasteiger partial charge in [0.15, 0.2) is 0 Å². The fourth-order valence-corrected chi connectivity index (χ4v) is 1.35. The van der Waals surface area contributed by atoms with Crippen molar-refractivity contribution in [1.29, 1.82) is 5.26 Å². The van der Waals surface area contributed by atoms with E-state index in [0.29, 0.717) is 6.42 Å². The lowest BCUT2D eigenvalue weighted by Crippen LogP contribution is -2.40. The molecule has 0 aliphatic heterocycles. The molecule has 0 saturated carbocycles. The second-order valence-electron chi connectivity index (χ2n) is 2.30. The molecule has 0 aromatic rings. The highest BCUT2D eigenvalue weighted by atomic mass is 32.2. The minimum atomic E-state index is -3.48. The fraction of sp³-hybridized carbons (Fsp3) is 0.833. The minimum absolute atomic E-state index is 0.525. The molecule has 0 aromatic heterocycles. The van der Waals surface area contributed by atoms with Gasteiger partial charge >= 0.3 is 0 Å². The van der Waals surface area contributed by atoms with Gasteiger partial charge < -0.3 is 0 Å². The second kappa shape index (κ2) is 5.09. The molecule has 12 heavy (non-hydrogen) atoms. The Balaban J connectivity index is 4.14. The van der Waals surface area contributed by atoms with E-state index in [4.69, 9.17) is 5.26 Å². The van der Waals surface area contributed by atoms with Gasteiger partial charge in [-0.1, -0.05) is 13.3 Å². The summed E-state index contributed by atoms with van der Waals surface area (Å²) in [5.74, 6) is 0. The van der Waals surface area contributed by atoms with Crippen LogP contribution in [-0.4, -0.2) is 21.5 Å². The van der Waals surface area contributed by atoms with Gasteiger partial charge in [-0.3, -0.25) is 0 Å². The number of rotatable bonds is 5. The number of nitriles is 1. The zero-order chi connectivity index (χ0) is 9.61. The molecule has 0 amide bonds. The van der Waals surface area contributed by atoms with Crippen LogP contribution >= 0.6 is 0 Å². The van der Waals surface area contributed by atoms with Crippen molar-refractivity contribution in [2.45, 2.75) is 25.8 Å². The third-order valence-electron chi connectivity index (χ3n) is 1.30. The molecule has 0 aliphatic rings. The van der Waals surface area contributed by atoms with Crippen LogP contribution in [0.15, 0.2) is 0 Å². The standard InChI is InChI=1S/C6H13N3O2S/c1-3-4-6(5-7)9-12(10,11)8-2/h6,8-9H,3-4H2,1-2H3. The van der Waals surface area contributed by atoms with Gasteiger partial charge in [0.05, 0.1) is 6.07 Å². The summed E-state index contributed by atoms with van der Waals surface area (Å²) in [6, 6.07) is 1.23. The van der Waals surface area contributed by atoms with Crippen molar-refractivity contribution in [1.82, 2.24) is 9.44 Å². The first-order chi connectivity index (χ1) is 5.55. The highest BCUT2D eigenvalue weighted by molar-refractivity contribution is 7.87. The zero-order valence-corrected chi connectivity index (χ0v) is 7.98. The van der Waals surface area contributed by atoms with Gasteiger partial charge in [-0.05, 0) is 6.42 Å². The number of nitrogens with zero attached hydrogens (tertiary/aromatic N) is 1. The van der Waals surface area contributed by atoms with Crippen LogP contribution in [0.1, 0.15) is 19.8 Å². The minimum Gasteiger partial charge on any atom is -0.205 e. The van der Waals surface area contributed by atoms with E-state index in [0.717, 1.165) is 6.42 Å². The van der Waals surface area contributed by atoms with Crippen LogP contribution in [0.5, 0.6) is 0 Å². The average Bonchev–Trinajstić information content (AvgIpc) is 2.03. The van der Waals surface area contributed by atoms with Gasteiger partial charge in [0.1, 0.15) is 6.04 Å². The molecule has 0 heterocycles. The van der Waals surface area contributed by atoms with E-state index in [1.54, 1.807) is 0 Å². The summed E-state index contributed by atoms with van der Waals surface area (Å²) in [5, 5.41) is 8.51. The van der Waals surface area contributed by atoms with Gasteiger partial charge in [0.25, 0.3) is 10.2 Å². The van der Waals surface area contributed by atoms with E-state index in [-0.39, 0.29) is 0 Å². The van der Waals surface area contributed by atoms with Crippen LogP contribution in [0.4, 0.5) is 0 Å². The molecule has 6 heteroatoms. The topological polar surface area (TPSA) is 82.0 Å². The first-order valence-electron chi connectivity index (χ1n) is 3.66. The fourth-order valence-electron chi connectivity index (χ4n) is 0.685. The zero-order valence-electron chi connectivity index (χ0n) is 7.16. The molecule has 0 radical (unpaired) electrons. The molecule has 5 nitrogen and oxygen atoms in total. The predicted molar refractivity (Wildman–Crippen MR) is 45.4 cm³/mol. The third kappa shape index (κ3) is 4.28. The van der Waals surface area contributed by atoms with E-state index in [9.17, 15) is 8.42 Å². The maximum Gasteiger partial charge on any atom is 0.277 e. The van der Waals surface area contributed by atoms with Crippen molar-refractivity contribution in [3.8, 4) is 6.07 Å². The second-order valence-corrected chi connectivity index (χ2v) is 3.95. The summed E-state index contributed by atoms with van der Waals surface area (Å²) < 4.78 is 26.0. The summed E-state index contributed by atoms with van der Waals surface area (Å²) in [6.45, 7) is 1.89. The summed E-state index contributed by atoms with van der Waals surface area (Å²) in [5.41, 5.74) is 0. The molecule has 0 bridgehead atoms. The molecular weight excluding hydrogens is 178 g/mol. The van der Waals surface area contributed by atoms with Gasteiger partial charge in [-0.15, -0.1) is 0 Å². The maximum absolute atomic E-state index is 10.9. The van der Waals surface area contributed by atoms with E-state index in [1.807, 2.05) is 13.0 Å². The lowest BCUT2D eigenvalue weighted by atomic mass is 10.2. The Morgan fingerprint density at radius 2 is 2.17 bits per heavy atom. The van der Waals surface area contributed by atoms with Crippen LogP contribution in [0.3, 0.4) is 0 Å². The molecule has 2 N–H and O–H groups in total. The van der Waals surface area contributed by atoms with Gasteiger partial charge in [-0.2, -0.15) is 18.4 Å². The molecule has 1 unspecified atom stereocenters. The molecule has 0 fully saturated rings. The lowest BCUT2D eigenvalue weighted by molar-refractivity contribution is 0.555. The van der Waals surface area contributed by atoms with Crippen LogP contribution in [0.2, 0.25) is 0 Å². The van der Waals surface area contributed by atoms with E-state index < -0.39 is 16.3 Å². The van der Waals surface area contributed by atoms with Crippen molar-refractivity contribution in [2.75, 3.05) is 7.05 Å². The molecule has 0 rings (SSSR count). The molecule has 0 saturated heterocycles.